The Hall–Kier alpha value is -2.03. The first-order chi connectivity index (χ1) is 12.6. The molecule has 1 aromatic carbocycles. The Labute approximate surface area is 162 Å². The number of benzene rings is 1. The maximum Gasteiger partial charge on any atom is 0.260 e. The normalized spacial score (nSPS) is 15.8. The smallest absolute Gasteiger partial charge is 0.260 e. The van der Waals surface area contributed by atoms with Crippen molar-refractivity contribution in [2.24, 2.45) is 5.92 Å². The van der Waals surface area contributed by atoms with E-state index >= 15 is 0 Å². The van der Waals surface area contributed by atoms with Crippen LogP contribution in [0.25, 0.3) is 0 Å². The molecule has 0 radical (unpaired) electrons. The van der Waals surface area contributed by atoms with E-state index in [4.69, 9.17) is 16.3 Å². The van der Waals surface area contributed by atoms with Crippen LogP contribution in [-0.2, 0) is 12.8 Å². The van der Waals surface area contributed by atoms with E-state index in [1.54, 1.807) is 18.2 Å². The predicted octanol–water partition coefficient (Wildman–Crippen LogP) is 5.44. The molecule has 0 bridgehead atoms. The zero-order valence-electron chi connectivity index (χ0n) is 14.9. The monoisotopic (exact) mass is 388 g/mol. The van der Waals surface area contributed by atoms with E-state index in [1.807, 2.05) is 0 Å². The van der Waals surface area contributed by atoms with Gasteiger partial charge in [-0.25, -0.2) is 0 Å². The Kier molecular flexibility index (Phi) is 5.85. The summed E-state index contributed by atoms with van der Waals surface area (Å²) in [5.74, 6) is 0.813. The fourth-order valence-electron chi connectivity index (χ4n) is 3.54. The van der Waals surface area contributed by atoms with Crippen LogP contribution in [0.4, 0.5) is 5.00 Å². The lowest BCUT2D eigenvalue weighted by Gasteiger charge is -2.21. The minimum absolute atomic E-state index is 0.315. The first-order valence-corrected chi connectivity index (χ1v) is 9.96. The Morgan fingerprint density at radius 2 is 2.31 bits per heavy atom. The second-order valence-electron chi connectivity index (χ2n) is 6.52. The molecule has 1 amide bonds. The Balaban J connectivity index is 1.88. The van der Waals surface area contributed by atoms with Crippen LogP contribution in [0.1, 0.15) is 52.5 Å². The van der Waals surface area contributed by atoms with Gasteiger partial charge in [-0.2, -0.15) is 5.26 Å². The quantitative estimate of drug-likeness (QED) is 0.741. The van der Waals surface area contributed by atoms with Gasteiger partial charge in [-0.05, 0) is 48.9 Å². The highest BCUT2D eigenvalue weighted by Crippen LogP contribution is 2.40. The topological polar surface area (TPSA) is 62.1 Å². The molecule has 1 aromatic heterocycles. The van der Waals surface area contributed by atoms with Gasteiger partial charge in [-0.3, -0.25) is 4.79 Å². The molecule has 0 fully saturated rings. The summed E-state index contributed by atoms with van der Waals surface area (Å²) < 4.78 is 5.26. The number of hydrogen-bond donors (Lipinski definition) is 1. The fraction of sp³-hybridized carbons (Fsp3) is 0.400. The number of carbonyl (C=O) groups excluding carboxylic acids is 1. The second kappa shape index (κ2) is 8.11. The summed E-state index contributed by atoms with van der Waals surface area (Å²) in [6.07, 6.45) is 5.41. The third-order valence-electron chi connectivity index (χ3n) is 4.81. The van der Waals surface area contributed by atoms with Crippen LogP contribution in [0.3, 0.4) is 0 Å². The van der Waals surface area contributed by atoms with Crippen LogP contribution in [0, 0.1) is 17.2 Å². The van der Waals surface area contributed by atoms with E-state index in [0.29, 0.717) is 32.8 Å². The molecule has 1 heterocycles. The van der Waals surface area contributed by atoms with Crippen molar-refractivity contribution in [3.63, 3.8) is 0 Å². The van der Waals surface area contributed by atoms with Crippen LogP contribution >= 0.6 is 22.9 Å². The lowest BCUT2D eigenvalue weighted by atomic mass is 9.85. The van der Waals surface area contributed by atoms with Crippen molar-refractivity contribution in [1.29, 1.82) is 5.26 Å². The molecule has 2 aromatic rings. The Morgan fingerprint density at radius 1 is 1.50 bits per heavy atom. The zero-order chi connectivity index (χ0) is 18.7. The number of amides is 1. The van der Waals surface area contributed by atoms with E-state index in [0.717, 1.165) is 24.8 Å². The molecule has 26 heavy (non-hydrogen) atoms. The molecular weight excluding hydrogens is 368 g/mol. The summed E-state index contributed by atoms with van der Waals surface area (Å²) in [4.78, 5) is 14.0. The molecule has 1 N–H and O–H groups in total. The standard InChI is InChI=1S/C20H21ClN2O2S/c1-3-4-12-5-7-14-16(11-22)20(26-18(14)9-12)23-19(24)15-10-13(21)6-8-17(15)25-2/h6,8,10,12H,3-5,7,9H2,1-2H3,(H,23,24)/t12-/m1/s1. The summed E-state index contributed by atoms with van der Waals surface area (Å²) in [6.45, 7) is 2.20. The van der Waals surface area contributed by atoms with Crippen molar-refractivity contribution in [2.45, 2.75) is 39.0 Å². The summed E-state index contributed by atoms with van der Waals surface area (Å²) in [7, 11) is 1.51. The van der Waals surface area contributed by atoms with Gasteiger partial charge in [0.1, 0.15) is 16.8 Å². The van der Waals surface area contributed by atoms with Crippen molar-refractivity contribution in [2.75, 3.05) is 12.4 Å². The molecule has 1 aliphatic carbocycles. The molecule has 0 spiro atoms. The van der Waals surface area contributed by atoms with Gasteiger partial charge in [-0.1, -0.05) is 31.4 Å². The van der Waals surface area contributed by atoms with Gasteiger partial charge in [0.15, 0.2) is 0 Å². The molecule has 1 aliphatic rings. The zero-order valence-corrected chi connectivity index (χ0v) is 16.5. The molecule has 3 rings (SSSR count). The van der Waals surface area contributed by atoms with Crippen LogP contribution in [0.15, 0.2) is 18.2 Å². The van der Waals surface area contributed by atoms with Crippen molar-refractivity contribution >= 4 is 33.8 Å². The number of thiophene rings is 1. The minimum atomic E-state index is -0.315. The number of nitriles is 1. The SMILES string of the molecule is CCC[C@@H]1CCc2c(sc(NC(=O)c3cc(Cl)ccc3OC)c2C#N)C1. The number of methoxy groups -OCH3 is 1. The van der Waals surface area contributed by atoms with Crippen molar-refractivity contribution in [1.82, 2.24) is 0 Å². The van der Waals surface area contributed by atoms with Crippen LogP contribution < -0.4 is 10.1 Å². The number of nitrogens with zero attached hydrogens (tertiary/aromatic N) is 1. The van der Waals surface area contributed by atoms with Crippen molar-refractivity contribution < 1.29 is 9.53 Å². The molecule has 0 aliphatic heterocycles. The predicted molar refractivity (Wildman–Crippen MR) is 105 cm³/mol. The lowest BCUT2D eigenvalue weighted by Crippen LogP contribution is -2.14. The van der Waals surface area contributed by atoms with Gasteiger partial charge < -0.3 is 10.1 Å². The third-order valence-corrected chi connectivity index (χ3v) is 6.21. The number of ether oxygens (including phenoxy) is 1. The van der Waals surface area contributed by atoms with Gasteiger partial charge in [0.05, 0.1) is 18.2 Å². The number of anilines is 1. The first-order valence-electron chi connectivity index (χ1n) is 8.76. The average Bonchev–Trinajstić information content (AvgIpc) is 2.98. The second-order valence-corrected chi connectivity index (χ2v) is 8.06. The summed E-state index contributed by atoms with van der Waals surface area (Å²) in [5.41, 5.74) is 2.08. The molecule has 0 saturated carbocycles. The Morgan fingerprint density at radius 3 is 3.00 bits per heavy atom. The summed E-state index contributed by atoms with van der Waals surface area (Å²) in [6, 6.07) is 7.20. The third kappa shape index (κ3) is 3.72. The molecular formula is C20H21ClN2O2S. The molecule has 0 saturated heterocycles. The fourth-order valence-corrected chi connectivity index (χ4v) is 5.02. The van der Waals surface area contributed by atoms with Gasteiger partial charge in [0, 0.05) is 9.90 Å². The molecule has 6 heteroatoms. The van der Waals surface area contributed by atoms with E-state index in [9.17, 15) is 10.1 Å². The van der Waals surface area contributed by atoms with Gasteiger partial charge in [0.25, 0.3) is 5.91 Å². The van der Waals surface area contributed by atoms with Crippen LogP contribution in [0.2, 0.25) is 5.02 Å². The highest BCUT2D eigenvalue weighted by Gasteiger charge is 2.26. The van der Waals surface area contributed by atoms with Crippen molar-refractivity contribution in [3.05, 3.63) is 44.8 Å². The highest BCUT2D eigenvalue weighted by molar-refractivity contribution is 7.16. The number of hydrogen-bond acceptors (Lipinski definition) is 4. The average molecular weight is 389 g/mol. The molecule has 136 valence electrons. The molecule has 1 atom stereocenters. The summed E-state index contributed by atoms with van der Waals surface area (Å²) >= 11 is 7.55. The maximum absolute atomic E-state index is 12.7. The summed E-state index contributed by atoms with van der Waals surface area (Å²) in [5, 5.41) is 13.6. The van der Waals surface area contributed by atoms with E-state index in [2.05, 4.69) is 18.3 Å². The van der Waals surface area contributed by atoms with Crippen LogP contribution in [-0.4, -0.2) is 13.0 Å². The number of rotatable bonds is 5. The number of carbonyl (C=O) groups is 1. The van der Waals surface area contributed by atoms with Crippen molar-refractivity contribution in [3.8, 4) is 11.8 Å². The molecule has 4 nitrogen and oxygen atoms in total. The van der Waals surface area contributed by atoms with Gasteiger partial charge in [0.2, 0.25) is 0 Å². The maximum atomic E-state index is 12.7. The molecule has 0 unspecified atom stereocenters. The number of nitrogens with one attached hydrogen (secondary N) is 1. The lowest BCUT2D eigenvalue weighted by molar-refractivity contribution is 0.102. The Bertz CT molecular complexity index is 869. The van der Waals surface area contributed by atoms with Gasteiger partial charge >= 0.3 is 0 Å². The van der Waals surface area contributed by atoms with Gasteiger partial charge in [-0.15, -0.1) is 11.3 Å². The van der Waals surface area contributed by atoms with E-state index < -0.39 is 0 Å². The minimum Gasteiger partial charge on any atom is -0.496 e. The van der Waals surface area contributed by atoms with E-state index in [1.165, 1.54) is 36.2 Å². The number of fused-ring (bicyclic) bond motifs is 1. The first kappa shape index (κ1) is 18.8. The van der Waals surface area contributed by atoms with E-state index in [-0.39, 0.29) is 5.91 Å². The van der Waals surface area contributed by atoms with Crippen LogP contribution in [0.5, 0.6) is 5.75 Å². The largest absolute Gasteiger partial charge is 0.496 e. The highest BCUT2D eigenvalue weighted by atomic mass is 35.5. The number of halogens is 1.